The van der Waals surface area contributed by atoms with E-state index in [9.17, 15) is 22.8 Å². The lowest BCUT2D eigenvalue weighted by Gasteiger charge is -2.35. The number of rotatable bonds is 10. The summed E-state index contributed by atoms with van der Waals surface area (Å²) >= 11 is 0. The quantitative estimate of drug-likeness (QED) is 0.455. The zero-order chi connectivity index (χ0) is 25.6. The smallest absolute Gasteiger partial charge is 0.310 e. The summed E-state index contributed by atoms with van der Waals surface area (Å²) in [6, 6.07) is -0.0324. The average molecular weight is 502 g/mol. The van der Waals surface area contributed by atoms with Crippen LogP contribution in [0.3, 0.4) is 0 Å². The number of esters is 2. The van der Waals surface area contributed by atoms with Crippen LogP contribution in [0.1, 0.15) is 92.4 Å². The number of sulfone groups is 1. The van der Waals surface area contributed by atoms with Crippen LogP contribution >= 0.6 is 0 Å². The Labute approximate surface area is 204 Å². The second-order valence-electron chi connectivity index (χ2n) is 10.9. The van der Waals surface area contributed by atoms with Crippen LogP contribution in [0.5, 0.6) is 0 Å². The first-order chi connectivity index (χ1) is 15.8. The molecule has 0 aliphatic heterocycles. The number of hydrogen-bond acceptors (Lipinski definition) is 7. The van der Waals surface area contributed by atoms with Gasteiger partial charge in [-0.05, 0) is 72.6 Å². The van der Waals surface area contributed by atoms with Gasteiger partial charge in [0.2, 0.25) is 5.91 Å². The molecule has 8 nitrogen and oxygen atoms in total. The molecule has 2 saturated carbocycles. The van der Waals surface area contributed by atoms with Gasteiger partial charge in [0.25, 0.3) is 0 Å². The van der Waals surface area contributed by atoms with Crippen LogP contribution in [-0.2, 0) is 33.7 Å². The Hall–Kier alpha value is -1.64. The zero-order valence-corrected chi connectivity index (χ0v) is 22.3. The van der Waals surface area contributed by atoms with E-state index >= 15 is 0 Å². The highest BCUT2D eigenvalue weighted by Gasteiger charge is 2.46. The van der Waals surface area contributed by atoms with E-state index in [1.165, 1.54) is 0 Å². The molecule has 1 amide bonds. The van der Waals surface area contributed by atoms with Gasteiger partial charge in [-0.1, -0.05) is 19.8 Å². The molecule has 1 atom stereocenters. The molecule has 0 heterocycles. The van der Waals surface area contributed by atoms with Crippen molar-refractivity contribution in [3.8, 4) is 0 Å². The van der Waals surface area contributed by atoms with E-state index in [4.69, 9.17) is 9.47 Å². The van der Waals surface area contributed by atoms with E-state index in [1.807, 2.05) is 0 Å². The van der Waals surface area contributed by atoms with Crippen molar-refractivity contribution < 1.29 is 32.3 Å². The van der Waals surface area contributed by atoms with Crippen molar-refractivity contribution in [2.24, 2.45) is 17.3 Å². The van der Waals surface area contributed by atoms with Crippen molar-refractivity contribution in [2.75, 3.05) is 18.1 Å². The average Bonchev–Trinajstić information content (AvgIpc) is 3.22. The fraction of sp³-hybridized carbons (Fsp3) is 0.880. The topological polar surface area (TPSA) is 116 Å². The van der Waals surface area contributed by atoms with Crippen LogP contribution < -0.4 is 5.32 Å². The summed E-state index contributed by atoms with van der Waals surface area (Å²) in [5, 5.41) is 3.17. The monoisotopic (exact) mass is 501 g/mol. The van der Waals surface area contributed by atoms with Gasteiger partial charge in [-0.25, -0.2) is 8.42 Å². The number of carbonyl (C=O) groups is 3. The second kappa shape index (κ2) is 11.9. The lowest BCUT2D eigenvalue weighted by molar-refractivity contribution is -0.160. The van der Waals surface area contributed by atoms with Gasteiger partial charge in [-0.2, -0.15) is 0 Å². The number of carbonyl (C=O) groups excluding carboxylic acids is 3. The maximum absolute atomic E-state index is 13.5. The second-order valence-corrected chi connectivity index (χ2v) is 13.3. The molecule has 196 valence electrons. The van der Waals surface area contributed by atoms with Crippen LogP contribution in [0.2, 0.25) is 0 Å². The van der Waals surface area contributed by atoms with Crippen molar-refractivity contribution in [1.29, 1.82) is 0 Å². The summed E-state index contributed by atoms with van der Waals surface area (Å²) in [6.07, 6.45) is 5.90. The largest absolute Gasteiger partial charge is 0.466 e. The van der Waals surface area contributed by atoms with Crippen molar-refractivity contribution >= 4 is 27.7 Å². The van der Waals surface area contributed by atoms with E-state index in [-0.39, 0.29) is 41.8 Å². The Morgan fingerprint density at radius 2 is 1.62 bits per heavy atom. The van der Waals surface area contributed by atoms with E-state index in [0.29, 0.717) is 45.1 Å². The van der Waals surface area contributed by atoms with E-state index in [1.54, 1.807) is 34.6 Å². The normalized spacial score (nSPS) is 23.7. The maximum atomic E-state index is 13.5. The van der Waals surface area contributed by atoms with Gasteiger partial charge in [0.05, 0.1) is 29.6 Å². The highest BCUT2D eigenvalue weighted by atomic mass is 32.2. The molecule has 1 N–H and O–H groups in total. The van der Waals surface area contributed by atoms with Crippen molar-refractivity contribution in [2.45, 2.75) is 104 Å². The number of nitrogens with one attached hydrogen (secondary N) is 1. The number of amides is 1. The molecule has 2 fully saturated rings. The lowest BCUT2D eigenvalue weighted by atomic mass is 9.76. The third-order valence-corrected chi connectivity index (χ3v) is 8.79. The molecule has 0 spiro atoms. The van der Waals surface area contributed by atoms with Gasteiger partial charge in [0.1, 0.15) is 5.60 Å². The third-order valence-electron chi connectivity index (χ3n) is 7.00. The molecular formula is C25H43NO7S. The van der Waals surface area contributed by atoms with Crippen LogP contribution in [0.15, 0.2) is 0 Å². The fourth-order valence-corrected chi connectivity index (χ4v) is 6.24. The lowest BCUT2D eigenvalue weighted by Crippen LogP contribution is -2.48. The maximum Gasteiger partial charge on any atom is 0.310 e. The molecule has 0 aromatic rings. The van der Waals surface area contributed by atoms with Crippen LogP contribution in [0, 0.1) is 17.3 Å². The Kier molecular flexibility index (Phi) is 9.98. The molecule has 9 heteroatoms. The number of ether oxygens (including phenoxy) is 2. The third kappa shape index (κ3) is 8.24. The number of hydrogen-bond donors (Lipinski definition) is 1. The van der Waals surface area contributed by atoms with E-state index in [0.717, 1.165) is 12.8 Å². The van der Waals surface area contributed by atoms with Gasteiger partial charge < -0.3 is 14.8 Å². The molecule has 2 aliphatic carbocycles. The summed E-state index contributed by atoms with van der Waals surface area (Å²) < 4.78 is 35.5. The van der Waals surface area contributed by atoms with E-state index in [2.05, 4.69) is 5.32 Å². The molecule has 2 aliphatic rings. The molecule has 0 radical (unpaired) electrons. The van der Waals surface area contributed by atoms with Gasteiger partial charge >= 0.3 is 11.9 Å². The van der Waals surface area contributed by atoms with Crippen molar-refractivity contribution in [3.63, 3.8) is 0 Å². The SMILES string of the molecule is CCOC(=O)C1CCC(NC(=O)C2(CC(CS(=O)(=O)CC)C(=O)OC(C)(C)C)CCCC2)CC1. The molecule has 2 rings (SSSR count). The summed E-state index contributed by atoms with van der Waals surface area (Å²) in [5.41, 5.74) is -1.52. The first-order valence-corrected chi connectivity index (χ1v) is 14.5. The van der Waals surface area contributed by atoms with Crippen LogP contribution in [0.25, 0.3) is 0 Å². The molecule has 0 saturated heterocycles. The van der Waals surface area contributed by atoms with Crippen molar-refractivity contribution in [3.05, 3.63) is 0 Å². The Bertz CT molecular complexity index is 817. The molecule has 34 heavy (non-hydrogen) atoms. The Balaban J connectivity index is 2.12. The van der Waals surface area contributed by atoms with Crippen molar-refractivity contribution in [1.82, 2.24) is 5.32 Å². The Morgan fingerprint density at radius 3 is 2.12 bits per heavy atom. The highest BCUT2D eigenvalue weighted by molar-refractivity contribution is 7.91. The standard InChI is InChI=1S/C25H43NO7S/c1-6-32-21(27)18-10-12-20(13-11-18)26-23(29)25(14-8-9-15-25)16-19(17-34(30,31)7-2)22(28)33-24(3,4)5/h18-20H,6-17H2,1-5H3,(H,26,29). The first kappa shape index (κ1) is 28.6. The minimum atomic E-state index is -3.44. The predicted molar refractivity (Wildman–Crippen MR) is 130 cm³/mol. The highest BCUT2D eigenvalue weighted by Crippen LogP contribution is 2.44. The summed E-state index contributed by atoms with van der Waals surface area (Å²) in [4.78, 5) is 38.5. The van der Waals surface area contributed by atoms with Crippen LogP contribution in [0.4, 0.5) is 0 Å². The summed E-state index contributed by atoms with van der Waals surface area (Å²) in [7, 11) is -3.44. The van der Waals surface area contributed by atoms with Gasteiger partial charge in [-0.15, -0.1) is 0 Å². The summed E-state index contributed by atoms with van der Waals surface area (Å²) in [5.74, 6) is -2.20. The van der Waals surface area contributed by atoms with Gasteiger partial charge in [0.15, 0.2) is 9.84 Å². The molecule has 1 unspecified atom stereocenters. The van der Waals surface area contributed by atoms with Gasteiger partial charge in [0, 0.05) is 11.8 Å². The Morgan fingerprint density at radius 1 is 1.03 bits per heavy atom. The molecular weight excluding hydrogens is 458 g/mol. The molecule has 0 aromatic heterocycles. The minimum absolute atomic E-state index is 0.0324. The summed E-state index contributed by atoms with van der Waals surface area (Å²) in [6.45, 7) is 8.97. The van der Waals surface area contributed by atoms with E-state index < -0.39 is 32.7 Å². The minimum Gasteiger partial charge on any atom is -0.466 e. The predicted octanol–water partition coefficient (Wildman–Crippen LogP) is 3.57. The first-order valence-electron chi connectivity index (χ1n) is 12.7. The van der Waals surface area contributed by atoms with Gasteiger partial charge in [-0.3, -0.25) is 14.4 Å². The molecule has 0 aromatic carbocycles. The fourth-order valence-electron chi connectivity index (χ4n) is 5.14. The van der Waals surface area contributed by atoms with Crippen LogP contribution in [-0.4, -0.2) is 56.0 Å². The zero-order valence-electron chi connectivity index (χ0n) is 21.5. The molecule has 0 bridgehead atoms.